The molecule has 0 bridgehead atoms. The Labute approximate surface area is 298 Å². The molecule has 0 spiro atoms. The molecule has 1 aliphatic heterocycles. The Balaban J connectivity index is 0.000000389. The van der Waals surface area contributed by atoms with Gasteiger partial charge in [0.15, 0.2) is 0 Å². The second kappa shape index (κ2) is 21.4. The van der Waals surface area contributed by atoms with Crippen LogP contribution in [-0.4, -0.2) is 31.2 Å². The molecule has 5 rings (SSSR count). The normalized spacial score (nSPS) is 16.8. The average Bonchev–Trinajstić information content (AvgIpc) is 3.70. The molecule has 49 heavy (non-hydrogen) atoms. The Morgan fingerprint density at radius 2 is 1.65 bits per heavy atom. The number of aryl methyl sites for hydroxylation is 2. The number of hydrogen-bond donors (Lipinski definition) is 0. The first-order valence-corrected chi connectivity index (χ1v) is 18.3. The molecule has 1 atom stereocenters. The van der Waals surface area contributed by atoms with Gasteiger partial charge in [-0.15, -0.1) is 5.73 Å². The second-order valence-electron chi connectivity index (χ2n) is 12.2. The third kappa shape index (κ3) is 10.9. The Morgan fingerprint density at radius 3 is 2.24 bits per heavy atom. The molecular formula is C46H62FNO. The highest BCUT2D eigenvalue weighted by atomic mass is 19.1. The molecule has 3 heteroatoms. The van der Waals surface area contributed by atoms with E-state index in [0.717, 1.165) is 66.7 Å². The van der Waals surface area contributed by atoms with Gasteiger partial charge in [0.2, 0.25) is 0 Å². The smallest absolute Gasteiger partial charge is 0.128 e. The summed E-state index contributed by atoms with van der Waals surface area (Å²) >= 11 is 0. The molecule has 0 radical (unpaired) electrons. The molecule has 3 aromatic rings. The number of hydrogen-bond acceptors (Lipinski definition) is 2. The Bertz CT molecular complexity index is 1640. The molecule has 1 aliphatic carbocycles. The zero-order chi connectivity index (χ0) is 36.5. The first-order chi connectivity index (χ1) is 23.7. The van der Waals surface area contributed by atoms with E-state index >= 15 is 4.39 Å². The van der Waals surface area contributed by atoms with Gasteiger partial charge in [0.05, 0.1) is 6.61 Å². The molecule has 0 saturated carbocycles. The lowest BCUT2D eigenvalue weighted by Crippen LogP contribution is -2.32. The van der Waals surface area contributed by atoms with Crippen molar-refractivity contribution in [3.8, 4) is 22.3 Å². The molecule has 0 unspecified atom stereocenters. The van der Waals surface area contributed by atoms with Crippen molar-refractivity contribution in [1.82, 2.24) is 4.90 Å². The summed E-state index contributed by atoms with van der Waals surface area (Å²) in [4.78, 5) is 2.23. The van der Waals surface area contributed by atoms with Crippen LogP contribution in [0.1, 0.15) is 96.9 Å². The van der Waals surface area contributed by atoms with Gasteiger partial charge in [-0.05, 0) is 129 Å². The topological polar surface area (TPSA) is 12.5 Å². The van der Waals surface area contributed by atoms with Crippen LogP contribution in [0.2, 0.25) is 0 Å². The molecule has 264 valence electrons. The van der Waals surface area contributed by atoms with Crippen molar-refractivity contribution >= 4 is 0 Å². The highest BCUT2D eigenvalue weighted by molar-refractivity contribution is 5.80. The van der Waals surface area contributed by atoms with Crippen LogP contribution >= 0.6 is 0 Å². The molecule has 1 heterocycles. The van der Waals surface area contributed by atoms with Crippen LogP contribution < -0.4 is 0 Å². The minimum Gasteiger partial charge on any atom is -0.380 e. The fourth-order valence-corrected chi connectivity index (χ4v) is 6.45. The molecule has 2 nitrogen and oxygen atoms in total. The summed E-state index contributed by atoms with van der Waals surface area (Å²) < 4.78 is 20.9. The molecule has 0 N–H and O–H groups in total. The predicted octanol–water partition coefficient (Wildman–Crippen LogP) is 12.9. The number of allylic oxidation sites excluding steroid dienone is 7. The SMILES string of the molecule is C=C=C(C)C1=CC/C(=C/C)C/C1=C/C.CC.CC.CCc1cc(-c2cccc(-c3ccccc3C)c2C)cc(F)c1CN(C)[C@@H]1CCOC1. The van der Waals surface area contributed by atoms with E-state index < -0.39 is 0 Å². The molecule has 1 saturated heterocycles. The predicted molar refractivity (Wildman–Crippen MR) is 213 cm³/mol. The summed E-state index contributed by atoms with van der Waals surface area (Å²) in [6.45, 7) is 26.5. The fourth-order valence-electron chi connectivity index (χ4n) is 6.45. The van der Waals surface area contributed by atoms with E-state index in [0.29, 0.717) is 12.6 Å². The van der Waals surface area contributed by atoms with E-state index in [9.17, 15) is 0 Å². The van der Waals surface area contributed by atoms with Crippen LogP contribution in [0.4, 0.5) is 4.39 Å². The average molecular weight is 664 g/mol. The largest absolute Gasteiger partial charge is 0.380 e. The molecular weight excluding hydrogens is 602 g/mol. The Kier molecular flexibility index (Phi) is 18.1. The van der Waals surface area contributed by atoms with Crippen LogP contribution in [0, 0.1) is 19.7 Å². The summed E-state index contributed by atoms with van der Waals surface area (Å²) in [6, 6.07) is 19.0. The molecule has 1 fully saturated rings. The van der Waals surface area contributed by atoms with E-state index in [-0.39, 0.29) is 5.82 Å². The quantitative estimate of drug-likeness (QED) is 0.184. The van der Waals surface area contributed by atoms with Crippen LogP contribution in [0.3, 0.4) is 0 Å². The molecule has 0 amide bonds. The molecule has 3 aromatic carbocycles. The van der Waals surface area contributed by atoms with Gasteiger partial charge in [0.1, 0.15) is 5.82 Å². The van der Waals surface area contributed by atoms with Crippen molar-refractivity contribution < 1.29 is 9.13 Å². The van der Waals surface area contributed by atoms with E-state index in [4.69, 9.17) is 4.74 Å². The van der Waals surface area contributed by atoms with Crippen LogP contribution in [0.25, 0.3) is 22.3 Å². The lowest BCUT2D eigenvalue weighted by molar-refractivity contribution is 0.155. The van der Waals surface area contributed by atoms with Gasteiger partial charge < -0.3 is 4.74 Å². The highest BCUT2D eigenvalue weighted by Crippen LogP contribution is 2.35. The number of halogens is 1. The van der Waals surface area contributed by atoms with Crippen molar-refractivity contribution in [1.29, 1.82) is 0 Å². The van der Waals surface area contributed by atoms with Crippen LogP contribution in [0.5, 0.6) is 0 Å². The van der Waals surface area contributed by atoms with Gasteiger partial charge in [-0.25, -0.2) is 4.39 Å². The summed E-state index contributed by atoms with van der Waals surface area (Å²) in [6.07, 6.45) is 10.7. The Hall–Kier alpha value is -3.75. The zero-order valence-corrected chi connectivity index (χ0v) is 32.4. The number of benzene rings is 3. The van der Waals surface area contributed by atoms with Gasteiger partial charge >= 0.3 is 0 Å². The summed E-state index contributed by atoms with van der Waals surface area (Å²) in [7, 11) is 2.07. The van der Waals surface area contributed by atoms with Crippen molar-refractivity contribution in [2.24, 2.45) is 0 Å². The molecule has 2 aliphatic rings. The first-order valence-electron chi connectivity index (χ1n) is 18.3. The second-order valence-corrected chi connectivity index (χ2v) is 12.2. The van der Waals surface area contributed by atoms with Gasteiger partial charge in [-0.2, -0.15) is 0 Å². The first kappa shape index (κ1) is 41.4. The van der Waals surface area contributed by atoms with Crippen molar-refractivity contribution in [2.75, 3.05) is 20.3 Å². The van der Waals surface area contributed by atoms with Gasteiger partial charge in [-0.3, -0.25) is 4.90 Å². The Morgan fingerprint density at radius 1 is 0.980 bits per heavy atom. The summed E-state index contributed by atoms with van der Waals surface area (Å²) in [5, 5.41) is 0. The van der Waals surface area contributed by atoms with Crippen molar-refractivity contribution in [3.05, 3.63) is 135 Å². The maximum absolute atomic E-state index is 15.4. The van der Waals surface area contributed by atoms with Gasteiger partial charge in [0, 0.05) is 24.8 Å². The minimum absolute atomic E-state index is 0.110. The highest BCUT2D eigenvalue weighted by Gasteiger charge is 2.23. The summed E-state index contributed by atoms with van der Waals surface area (Å²) in [5.74, 6) is -0.110. The van der Waals surface area contributed by atoms with E-state index in [1.165, 1.54) is 39.0 Å². The third-order valence-electron chi connectivity index (χ3n) is 9.44. The monoisotopic (exact) mass is 663 g/mol. The maximum Gasteiger partial charge on any atom is 0.128 e. The number of nitrogens with zero attached hydrogens (tertiary/aromatic N) is 1. The minimum atomic E-state index is -0.110. The van der Waals surface area contributed by atoms with Gasteiger partial charge in [0.25, 0.3) is 0 Å². The van der Waals surface area contributed by atoms with E-state index in [2.05, 4.69) is 133 Å². The van der Waals surface area contributed by atoms with Crippen LogP contribution in [0.15, 0.2) is 107 Å². The number of ether oxygens (including phenoxy) is 1. The number of likely N-dealkylation sites (N-methyl/N-ethyl adjacent to an activating group) is 1. The lowest BCUT2D eigenvalue weighted by atomic mass is 9.86. The zero-order valence-electron chi connectivity index (χ0n) is 32.4. The van der Waals surface area contributed by atoms with E-state index in [1.807, 2.05) is 27.7 Å². The maximum atomic E-state index is 15.4. The van der Waals surface area contributed by atoms with E-state index in [1.54, 1.807) is 6.07 Å². The number of rotatable bonds is 7. The van der Waals surface area contributed by atoms with Gasteiger partial charge in [-0.1, -0.05) is 114 Å². The fraction of sp³-hybridized carbons (Fsp3) is 0.413. The van der Waals surface area contributed by atoms with Crippen molar-refractivity contribution in [2.45, 2.75) is 108 Å². The lowest BCUT2D eigenvalue weighted by Gasteiger charge is -2.25. The summed E-state index contributed by atoms with van der Waals surface area (Å²) in [5.41, 5.74) is 17.2. The third-order valence-corrected chi connectivity index (χ3v) is 9.44. The standard InChI is InChI=1S/C28H32FNO.C14H18.2C2H6/c1-5-21-15-22(16-28(29)27(21)17-30(4)23-13-14-31-18-23)25-11-8-12-26(20(25)3)24-10-7-6-9-19(24)2;1-5-11(4)14-9-8-12(6-2)10-13(14)7-3;2*1-2/h6-12,15-16,23H,5,13-14,17-18H2,1-4H3;6-7,9H,1,8,10H2,2-4H3;2*1-2H3/b;12-6-,13-7-;;/t23-;;;/m1.../s1. The van der Waals surface area contributed by atoms with Crippen LogP contribution in [-0.2, 0) is 17.7 Å². The molecule has 0 aromatic heterocycles. The van der Waals surface area contributed by atoms with Crippen molar-refractivity contribution in [3.63, 3.8) is 0 Å².